The first-order chi connectivity index (χ1) is 9.56. The molecule has 0 bridgehead atoms. The van der Waals surface area contributed by atoms with Gasteiger partial charge >= 0.3 is 0 Å². The molecule has 1 aliphatic heterocycles. The number of nitrogens with zero attached hydrogens (tertiary/aromatic N) is 1. The van der Waals surface area contributed by atoms with Crippen molar-refractivity contribution in [2.75, 3.05) is 13.1 Å². The highest BCUT2D eigenvalue weighted by Gasteiger charge is 2.27. The van der Waals surface area contributed by atoms with Crippen LogP contribution in [0.3, 0.4) is 0 Å². The molecule has 0 aromatic rings. The third kappa shape index (κ3) is 4.45. The number of carbonyl (C=O) groups excluding carboxylic acids is 1. The molecule has 0 aromatic carbocycles. The van der Waals surface area contributed by atoms with Crippen molar-refractivity contribution in [3.63, 3.8) is 0 Å². The lowest BCUT2D eigenvalue weighted by Gasteiger charge is -2.31. The Kier molecular flexibility index (Phi) is 5.85. The summed E-state index contributed by atoms with van der Waals surface area (Å²) in [4.78, 5) is 13.8. The molecule has 0 aromatic heterocycles. The van der Waals surface area contributed by atoms with Crippen LogP contribution in [0.5, 0.6) is 0 Å². The molecule has 2 aliphatic rings. The highest BCUT2D eigenvalue weighted by Crippen LogP contribution is 2.25. The molecule has 3 N–H and O–H groups in total. The molecule has 0 radical (unpaired) electrons. The lowest BCUT2D eigenvalue weighted by molar-refractivity contribution is -0.122. The Labute approximate surface area is 123 Å². The molecular weight excluding hydrogens is 250 g/mol. The zero-order chi connectivity index (χ0) is 14.5. The van der Waals surface area contributed by atoms with Gasteiger partial charge in [-0.05, 0) is 71.9 Å². The fraction of sp³-hybridized carbons (Fsp3) is 0.938. The topological polar surface area (TPSA) is 58.4 Å². The predicted molar refractivity (Wildman–Crippen MR) is 82.4 cm³/mol. The van der Waals surface area contributed by atoms with Crippen LogP contribution in [-0.2, 0) is 4.79 Å². The molecule has 2 fully saturated rings. The molecule has 0 spiro atoms. The molecule has 116 valence electrons. The predicted octanol–water partition coefficient (Wildman–Crippen LogP) is 1.88. The molecule has 1 saturated heterocycles. The largest absolute Gasteiger partial charge is 0.369 e. The number of hydrogen-bond acceptors (Lipinski definition) is 3. The molecule has 20 heavy (non-hydrogen) atoms. The standard InChI is InChI=1S/C16H31N3O/c1-12(2)19-10-3-4-14(9-11-19)18-15-7-5-13(6-8-15)16(17)20/h12-15,18H,3-11H2,1-2H3,(H2,17,20). The minimum Gasteiger partial charge on any atom is -0.369 e. The highest BCUT2D eigenvalue weighted by molar-refractivity contribution is 5.76. The molecule has 1 heterocycles. The van der Waals surface area contributed by atoms with Crippen LogP contribution in [0.2, 0.25) is 0 Å². The minimum atomic E-state index is -0.106. The van der Waals surface area contributed by atoms with E-state index in [4.69, 9.17) is 5.73 Å². The van der Waals surface area contributed by atoms with Crippen LogP contribution in [0.25, 0.3) is 0 Å². The van der Waals surface area contributed by atoms with Crippen molar-refractivity contribution < 1.29 is 4.79 Å². The normalized spacial score (nSPS) is 33.0. The van der Waals surface area contributed by atoms with E-state index in [1.807, 2.05) is 0 Å². The van der Waals surface area contributed by atoms with Crippen molar-refractivity contribution in [1.29, 1.82) is 0 Å². The number of carbonyl (C=O) groups is 1. The van der Waals surface area contributed by atoms with Gasteiger partial charge in [0, 0.05) is 24.0 Å². The second-order valence-electron chi connectivity index (χ2n) is 6.88. The number of nitrogens with two attached hydrogens (primary N) is 1. The van der Waals surface area contributed by atoms with Gasteiger partial charge in [0.05, 0.1) is 0 Å². The summed E-state index contributed by atoms with van der Waals surface area (Å²) in [5.74, 6) is 0.0177. The summed E-state index contributed by atoms with van der Waals surface area (Å²) in [5, 5.41) is 3.84. The Bertz CT molecular complexity index is 311. The van der Waals surface area contributed by atoms with Gasteiger partial charge in [0.2, 0.25) is 5.91 Å². The van der Waals surface area contributed by atoms with E-state index in [9.17, 15) is 4.79 Å². The van der Waals surface area contributed by atoms with Crippen LogP contribution in [0.15, 0.2) is 0 Å². The molecule has 1 atom stereocenters. The van der Waals surface area contributed by atoms with Gasteiger partial charge in [-0.2, -0.15) is 0 Å². The zero-order valence-corrected chi connectivity index (χ0v) is 13.1. The summed E-state index contributed by atoms with van der Waals surface area (Å²) in [7, 11) is 0. The van der Waals surface area contributed by atoms with E-state index in [1.165, 1.54) is 32.4 Å². The molecule has 1 unspecified atom stereocenters. The lowest BCUT2D eigenvalue weighted by atomic mass is 9.85. The number of primary amides is 1. The smallest absolute Gasteiger partial charge is 0.220 e. The van der Waals surface area contributed by atoms with Gasteiger partial charge in [0.15, 0.2) is 0 Å². The minimum absolute atomic E-state index is 0.106. The van der Waals surface area contributed by atoms with Crippen molar-refractivity contribution in [2.45, 2.75) is 76.9 Å². The molecule has 1 amide bonds. The summed E-state index contributed by atoms with van der Waals surface area (Å²) < 4.78 is 0. The number of rotatable bonds is 4. The van der Waals surface area contributed by atoms with Crippen molar-refractivity contribution in [1.82, 2.24) is 10.2 Å². The van der Waals surface area contributed by atoms with Crippen LogP contribution >= 0.6 is 0 Å². The molecular formula is C16H31N3O. The summed E-state index contributed by atoms with van der Waals surface area (Å²) >= 11 is 0. The van der Waals surface area contributed by atoms with Crippen LogP contribution in [0, 0.1) is 5.92 Å². The van der Waals surface area contributed by atoms with E-state index in [0.29, 0.717) is 18.1 Å². The fourth-order valence-electron chi connectivity index (χ4n) is 3.68. The van der Waals surface area contributed by atoms with Crippen molar-refractivity contribution in [3.05, 3.63) is 0 Å². The first-order valence-corrected chi connectivity index (χ1v) is 8.35. The second-order valence-corrected chi connectivity index (χ2v) is 6.88. The van der Waals surface area contributed by atoms with E-state index < -0.39 is 0 Å². The third-order valence-corrected chi connectivity index (χ3v) is 5.09. The number of nitrogens with one attached hydrogen (secondary N) is 1. The Hall–Kier alpha value is -0.610. The highest BCUT2D eigenvalue weighted by atomic mass is 16.1. The maximum absolute atomic E-state index is 11.2. The van der Waals surface area contributed by atoms with E-state index in [1.54, 1.807) is 0 Å². The average Bonchev–Trinajstić information content (AvgIpc) is 2.65. The van der Waals surface area contributed by atoms with Gasteiger partial charge in [0.25, 0.3) is 0 Å². The van der Waals surface area contributed by atoms with Crippen LogP contribution < -0.4 is 11.1 Å². The number of amides is 1. The van der Waals surface area contributed by atoms with Crippen LogP contribution in [-0.4, -0.2) is 42.0 Å². The Morgan fingerprint density at radius 3 is 2.30 bits per heavy atom. The maximum Gasteiger partial charge on any atom is 0.220 e. The lowest BCUT2D eigenvalue weighted by Crippen LogP contribution is -2.42. The zero-order valence-electron chi connectivity index (χ0n) is 13.1. The summed E-state index contributed by atoms with van der Waals surface area (Å²) in [5.41, 5.74) is 5.40. The van der Waals surface area contributed by atoms with Gasteiger partial charge in [-0.25, -0.2) is 0 Å². The molecule has 2 rings (SSSR count). The number of likely N-dealkylation sites (tertiary alicyclic amines) is 1. The molecule has 4 nitrogen and oxygen atoms in total. The Balaban J connectivity index is 1.73. The van der Waals surface area contributed by atoms with Gasteiger partial charge in [-0.15, -0.1) is 0 Å². The third-order valence-electron chi connectivity index (χ3n) is 5.09. The fourth-order valence-corrected chi connectivity index (χ4v) is 3.68. The average molecular weight is 281 g/mol. The number of hydrogen-bond donors (Lipinski definition) is 2. The van der Waals surface area contributed by atoms with E-state index >= 15 is 0 Å². The first kappa shape index (κ1) is 15.8. The van der Waals surface area contributed by atoms with Gasteiger partial charge < -0.3 is 16.0 Å². The summed E-state index contributed by atoms with van der Waals surface area (Å²) in [6, 6.07) is 1.93. The quantitative estimate of drug-likeness (QED) is 0.827. The van der Waals surface area contributed by atoms with Crippen molar-refractivity contribution in [2.24, 2.45) is 11.7 Å². The SMILES string of the molecule is CC(C)N1CCCC(NC2CCC(C(N)=O)CC2)CC1. The van der Waals surface area contributed by atoms with Crippen LogP contribution in [0.4, 0.5) is 0 Å². The summed E-state index contributed by atoms with van der Waals surface area (Å²) in [6.07, 6.45) is 8.01. The van der Waals surface area contributed by atoms with E-state index in [0.717, 1.165) is 25.7 Å². The first-order valence-electron chi connectivity index (χ1n) is 8.35. The maximum atomic E-state index is 11.2. The molecule has 1 saturated carbocycles. The Morgan fingerprint density at radius 2 is 1.70 bits per heavy atom. The van der Waals surface area contributed by atoms with Gasteiger partial charge in [0.1, 0.15) is 0 Å². The monoisotopic (exact) mass is 281 g/mol. The molecule has 4 heteroatoms. The van der Waals surface area contributed by atoms with E-state index in [-0.39, 0.29) is 11.8 Å². The van der Waals surface area contributed by atoms with Gasteiger partial charge in [-0.3, -0.25) is 4.79 Å². The van der Waals surface area contributed by atoms with E-state index in [2.05, 4.69) is 24.1 Å². The summed E-state index contributed by atoms with van der Waals surface area (Å²) in [6.45, 7) is 7.04. The molecule has 1 aliphatic carbocycles. The van der Waals surface area contributed by atoms with Gasteiger partial charge in [-0.1, -0.05) is 0 Å². The van der Waals surface area contributed by atoms with Crippen molar-refractivity contribution in [3.8, 4) is 0 Å². The van der Waals surface area contributed by atoms with Crippen LogP contribution in [0.1, 0.15) is 58.8 Å². The Morgan fingerprint density at radius 1 is 1.05 bits per heavy atom. The second kappa shape index (κ2) is 7.41. The van der Waals surface area contributed by atoms with Crippen molar-refractivity contribution >= 4 is 5.91 Å².